The number of aromatic nitrogens is 2. The molecule has 1 unspecified atom stereocenters. The van der Waals surface area contributed by atoms with Crippen molar-refractivity contribution in [1.29, 1.82) is 0 Å². The van der Waals surface area contributed by atoms with Crippen molar-refractivity contribution in [3.63, 3.8) is 0 Å². The summed E-state index contributed by atoms with van der Waals surface area (Å²) in [5.41, 5.74) is 2.11. The summed E-state index contributed by atoms with van der Waals surface area (Å²) in [7, 11) is 0. The minimum atomic E-state index is -0.512. The number of amides is 2. The number of nitro groups is 1. The number of anilines is 2. The van der Waals surface area contributed by atoms with Crippen LogP contribution >= 0.6 is 22.7 Å². The average molecular weight is 454 g/mol. The van der Waals surface area contributed by atoms with Crippen molar-refractivity contribution in [2.24, 2.45) is 5.92 Å². The first-order valence-corrected chi connectivity index (χ1v) is 11.0. The van der Waals surface area contributed by atoms with E-state index in [-0.39, 0.29) is 30.5 Å². The van der Waals surface area contributed by atoms with Crippen molar-refractivity contribution >= 4 is 71.4 Å². The van der Waals surface area contributed by atoms with Gasteiger partial charge in [0.05, 0.1) is 36.3 Å². The highest BCUT2D eigenvalue weighted by atomic mass is 32.1. The first kappa shape index (κ1) is 19.5. The molecule has 11 heteroatoms. The molecular weight excluding hydrogens is 438 g/mol. The Kier molecular flexibility index (Phi) is 4.63. The number of nitro benzene ring substituents is 1. The molecular formula is C20H15N5O4S2. The molecule has 2 amide bonds. The van der Waals surface area contributed by atoms with E-state index in [1.165, 1.54) is 12.1 Å². The van der Waals surface area contributed by atoms with Crippen LogP contribution in [0.3, 0.4) is 0 Å². The predicted molar refractivity (Wildman–Crippen MR) is 120 cm³/mol. The zero-order chi connectivity index (χ0) is 21.7. The van der Waals surface area contributed by atoms with Gasteiger partial charge in [0, 0.05) is 30.8 Å². The second-order valence-electron chi connectivity index (χ2n) is 7.21. The van der Waals surface area contributed by atoms with Crippen LogP contribution in [0.4, 0.5) is 16.5 Å². The molecule has 1 atom stereocenters. The summed E-state index contributed by atoms with van der Waals surface area (Å²) in [5, 5.41) is 15.0. The van der Waals surface area contributed by atoms with Gasteiger partial charge in [0.25, 0.3) is 5.69 Å². The Labute approximate surface area is 183 Å². The molecule has 2 aromatic heterocycles. The Bertz CT molecular complexity index is 1380. The quantitative estimate of drug-likeness (QED) is 0.367. The molecule has 9 nitrogen and oxygen atoms in total. The average Bonchev–Trinajstić information content (AvgIpc) is 3.41. The predicted octanol–water partition coefficient (Wildman–Crippen LogP) is 4.11. The van der Waals surface area contributed by atoms with Gasteiger partial charge in [-0.3, -0.25) is 19.7 Å². The molecule has 2 aromatic carbocycles. The lowest BCUT2D eigenvalue weighted by Gasteiger charge is -2.16. The molecule has 5 rings (SSSR count). The van der Waals surface area contributed by atoms with E-state index < -0.39 is 10.8 Å². The lowest BCUT2D eigenvalue weighted by Crippen LogP contribution is -2.28. The topological polar surface area (TPSA) is 118 Å². The number of benzene rings is 2. The van der Waals surface area contributed by atoms with Gasteiger partial charge in [0.1, 0.15) is 0 Å². The number of nitrogens with zero attached hydrogens (tertiary/aromatic N) is 4. The minimum absolute atomic E-state index is 0.0293. The van der Waals surface area contributed by atoms with Crippen LogP contribution in [0.1, 0.15) is 11.4 Å². The van der Waals surface area contributed by atoms with E-state index in [0.717, 1.165) is 32.2 Å². The summed E-state index contributed by atoms with van der Waals surface area (Å²) in [6, 6.07) is 10.0. The maximum Gasteiger partial charge on any atom is 0.270 e. The summed E-state index contributed by atoms with van der Waals surface area (Å²) in [4.78, 5) is 46.2. The molecule has 1 aliphatic rings. The number of rotatable bonds is 4. The third-order valence-electron chi connectivity index (χ3n) is 5.10. The lowest BCUT2D eigenvalue weighted by molar-refractivity contribution is -0.384. The molecule has 1 fully saturated rings. The second-order valence-corrected chi connectivity index (χ2v) is 9.47. The molecule has 3 heterocycles. The largest absolute Gasteiger partial charge is 0.312 e. The monoisotopic (exact) mass is 453 g/mol. The highest BCUT2D eigenvalue weighted by Gasteiger charge is 2.35. The number of non-ortho nitro benzene ring substituents is 1. The van der Waals surface area contributed by atoms with E-state index in [9.17, 15) is 19.7 Å². The van der Waals surface area contributed by atoms with E-state index in [1.807, 2.05) is 25.1 Å². The smallest absolute Gasteiger partial charge is 0.270 e. The third-order valence-corrected chi connectivity index (χ3v) is 6.98. The van der Waals surface area contributed by atoms with Crippen LogP contribution in [0, 0.1) is 23.0 Å². The van der Waals surface area contributed by atoms with Crippen LogP contribution in [0.15, 0.2) is 36.4 Å². The highest BCUT2D eigenvalue weighted by molar-refractivity contribution is 7.22. The zero-order valence-electron chi connectivity index (χ0n) is 16.2. The third kappa shape index (κ3) is 3.62. The van der Waals surface area contributed by atoms with Gasteiger partial charge in [0.2, 0.25) is 11.8 Å². The van der Waals surface area contributed by atoms with Crippen molar-refractivity contribution in [1.82, 2.24) is 9.97 Å². The normalized spacial score (nSPS) is 16.4. The van der Waals surface area contributed by atoms with Gasteiger partial charge in [-0.2, -0.15) is 0 Å². The van der Waals surface area contributed by atoms with E-state index in [2.05, 4.69) is 15.3 Å². The molecule has 0 radical (unpaired) electrons. The molecule has 1 saturated heterocycles. The summed E-state index contributed by atoms with van der Waals surface area (Å²) in [6.45, 7) is 2.21. The molecule has 156 valence electrons. The Balaban J connectivity index is 1.32. The molecule has 1 N–H and O–H groups in total. The van der Waals surface area contributed by atoms with E-state index in [1.54, 1.807) is 22.3 Å². The number of carbonyl (C=O) groups excluding carboxylic acids is 2. The lowest BCUT2D eigenvalue weighted by atomic mass is 10.1. The highest BCUT2D eigenvalue weighted by Crippen LogP contribution is 2.32. The van der Waals surface area contributed by atoms with Crippen molar-refractivity contribution < 1.29 is 14.5 Å². The SMILES string of the molecule is Cc1nc2cc(N3CC(C(=O)Nc4nc5ccc([N+](=O)[O-])cc5s4)CC3=O)ccc2s1. The standard InChI is InChI=1S/C20H15N5O4S2/c1-10-21-15-7-12(3-5-16(15)30-10)24-9-11(6-18(24)26)19(27)23-20-22-14-4-2-13(25(28)29)8-17(14)31-20/h2-5,7-8,11H,6,9H2,1H3,(H,22,23,27). The summed E-state index contributed by atoms with van der Waals surface area (Å²) in [5.74, 6) is -0.928. The number of thiazole rings is 2. The number of aryl methyl sites for hydroxylation is 1. The van der Waals surface area contributed by atoms with E-state index in [0.29, 0.717) is 15.3 Å². The van der Waals surface area contributed by atoms with Gasteiger partial charge in [0.15, 0.2) is 5.13 Å². The van der Waals surface area contributed by atoms with Crippen LogP contribution in [0.5, 0.6) is 0 Å². The van der Waals surface area contributed by atoms with Gasteiger partial charge in [-0.1, -0.05) is 11.3 Å². The number of hydrogen-bond acceptors (Lipinski definition) is 8. The molecule has 4 aromatic rings. The molecule has 31 heavy (non-hydrogen) atoms. The molecule has 0 aliphatic carbocycles. The molecule has 0 bridgehead atoms. The Morgan fingerprint density at radius 2 is 2.00 bits per heavy atom. The van der Waals surface area contributed by atoms with Gasteiger partial charge in [-0.15, -0.1) is 11.3 Å². The van der Waals surface area contributed by atoms with Crippen molar-refractivity contribution in [3.05, 3.63) is 51.5 Å². The fraction of sp³-hybridized carbons (Fsp3) is 0.200. The zero-order valence-corrected chi connectivity index (χ0v) is 17.8. The number of hydrogen-bond donors (Lipinski definition) is 1. The Hall–Kier alpha value is -3.44. The van der Waals surface area contributed by atoms with Crippen LogP contribution in [0.2, 0.25) is 0 Å². The fourth-order valence-electron chi connectivity index (χ4n) is 3.62. The van der Waals surface area contributed by atoms with Crippen LogP contribution in [-0.4, -0.2) is 33.3 Å². The first-order chi connectivity index (χ1) is 14.9. The van der Waals surface area contributed by atoms with Crippen LogP contribution in [-0.2, 0) is 9.59 Å². The van der Waals surface area contributed by atoms with Gasteiger partial charge in [-0.05, 0) is 31.2 Å². The molecule has 0 saturated carbocycles. The van der Waals surface area contributed by atoms with Crippen LogP contribution in [0.25, 0.3) is 20.4 Å². The summed E-state index contributed by atoms with van der Waals surface area (Å²) >= 11 is 2.76. The number of nitrogens with one attached hydrogen (secondary N) is 1. The number of fused-ring (bicyclic) bond motifs is 2. The Morgan fingerprint density at radius 3 is 2.81 bits per heavy atom. The van der Waals surface area contributed by atoms with Gasteiger partial charge < -0.3 is 10.2 Å². The fourth-order valence-corrected chi connectivity index (χ4v) is 5.33. The Morgan fingerprint density at radius 1 is 1.16 bits per heavy atom. The maximum absolute atomic E-state index is 12.8. The maximum atomic E-state index is 12.8. The summed E-state index contributed by atoms with van der Waals surface area (Å²) < 4.78 is 1.67. The minimum Gasteiger partial charge on any atom is -0.312 e. The van der Waals surface area contributed by atoms with E-state index >= 15 is 0 Å². The van der Waals surface area contributed by atoms with Crippen LogP contribution < -0.4 is 10.2 Å². The second kappa shape index (κ2) is 7.36. The van der Waals surface area contributed by atoms with Gasteiger partial charge >= 0.3 is 0 Å². The number of carbonyl (C=O) groups is 2. The van der Waals surface area contributed by atoms with Crippen molar-refractivity contribution in [2.75, 3.05) is 16.8 Å². The molecule has 1 aliphatic heterocycles. The first-order valence-electron chi connectivity index (χ1n) is 9.41. The van der Waals surface area contributed by atoms with Gasteiger partial charge in [-0.25, -0.2) is 9.97 Å². The van der Waals surface area contributed by atoms with E-state index in [4.69, 9.17) is 0 Å². The van der Waals surface area contributed by atoms with Crippen molar-refractivity contribution in [2.45, 2.75) is 13.3 Å². The van der Waals surface area contributed by atoms with Crippen molar-refractivity contribution in [3.8, 4) is 0 Å². The molecule has 0 spiro atoms. The summed E-state index contributed by atoms with van der Waals surface area (Å²) in [6.07, 6.45) is 0.107.